The predicted molar refractivity (Wildman–Crippen MR) is 141 cm³/mol. The van der Waals surface area contributed by atoms with Crippen molar-refractivity contribution in [1.82, 2.24) is 20.3 Å². The molecule has 37 heavy (non-hydrogen) atoms. The summed E-state index contributed by atoms with van der Waals surface area (Å²) in [5.74, 6) is 1.18. The van der Waals surface area contributed by atoms with Crippen molar-refractivity contribution in [2.45, 2.75) is 46.7 Å². The van der Waals surface area contributed by atoms with Crippen LogP contribution in [0.15, 0.2) is 59.0 Å². The average Bonchev–Trinajstić information content (AvgIpc) is 3.48. The van der Waals surface area contributed by atoms with Gasteiger partial charge in [0.2, 0.25) is 5.91 Å². The van der Waals surface area contributed by atoms with Crippen molar-refractivity contribution in [1.29, 1.82) is 0 Å². The summed E-state index contributed by atoms with van der Waals surface area (Å²) >= 11 is 0. The van der Waals surface area contributed by atoms with Crippen molar-refractivity contribution in [2.24, 2.45) is 5.92 Å². The Bertz CT molecular complexity index is 1390. The number of carbonyl (C=O) groups is 2. The normalized spacial score (nSPS) is 12.1. The number of hydrogen-bond acceptors (Lipinski definition) is 6. The molecule has 194 valence electrons. The number of aryl methyl sites for hydroxylation is 2. The number of aromatic nitrogens is 3. The van der Waals surface area contributed by atoms with Crippen LogP contribution in [0.25, 0.3) is 11.0 Å². The Morgan fingerprint density at radius 3 is 2.59 bits per heavy atom. The standard InChI is InChI=1S/C28H33N5O4/c1-18(2)14-15-29-28(35)27(25-13-11-20(4)37-25)33(23-16-19(3)10-12-24(23)36-5)26(34)17-32-22-9-7-6-8-21(22)30-31-32/h6-13,16,18,27H,14-15,17H2,1-5H3,(H,29,35). The molecule has 0 spiro atoms. The Labute approximate surface area is 216 Å². The van der Waals surface area contributed by atoms with Crippen molar-refractivity contribution in [3.05, 3.63) is 71.7 Å². The first-order chi connectivity index (χ1) is 17.8. The van der Waals surface area contributed by atoms with Crippen molar-refractivity contribution >= 4 is 28.5 Å². The predicted octanol–water partition coefficient (Wildman–Crippen LogP) is 4.59. The molecule has 2 amide bonds. The number of ether oxygens (including phenoxy) is 1. The summed E-state index contributed by atoms with van der Waals surface area (Å²) in [5, 5.41) is 11.4. The number of benzene rings is 2. The second-order valence-corrected chi connectivity index (χ2v) is 9.50. The second-order valence-electron chi connectivity index (χ2n) is 9.50. The number of para-hydroxylation sites is 1. The van der Waals surface area contributed by atoms with E-state index in [1.54, 1.807) is 25.1 Å². The Hall–Kier alpha value is -4.14. The molecular formula is C28H33N5O4. The molecule has 9 nitrogen and oxygen atoms in total. The first-order valence-electron chi connectivity index (χ1n) is 12.4. The maximum Gasteiger partial charge on any atom is 0.251 e. The molecule has 4 rings (SSSR count). The van der Waals surface area contributed by atoms with Crippen LogP contribution in [0, 0.1) is 19.8 Å². The summed E-state index contributed by atoms with van der Waals surface area (Å²) in [6.07, 6.45) is 0.808. The highest BCUT2D eigenvalue weighted by Crippen LogP contribution is 2.36. The fourth-order valence-electron chi connectivity index (χ4n) is 4.20. The van der Waals surface area contributed by atoms with Gasteiger partial charge in [0.05, 0.1) is 18.3 Å². The van der Waals surface area contributed by atoms with Gasteiger partial charge in [-0.2, -0.15) is 0 Å². The molecule has 1 N–H and O–H groups in total. The molecule has 0 saturated carbocycles. The minimum absolute atomic E-state index is 0.132. The van der Waals surface area contributed by atoms with Gasteiger partial charge in [-0.25, -0.2) is 4.68 Å². The third-order valence-corrected chi connectivity index (χ3v) is 6.13. The van der Waals surface area contributed by atoms with Gasteiger partial charge in [-0.1, -0.05) is 37.3 Å². The molecule has 2 aromatic carbocycles. The SMILES string of the molecule is COc1ccc(C)cc1N(C(=O)Cn1nnc2ccccc21)C(C(=O)NCCC(C)C)c1ccc(C)o1. The fourth-order valence-corrected chi connectivity index (χ4v) is 4.20. The van der Waals surface area contributed by atoms with Crippen molar-refractivity contribution < 1.29 is 18.7 Å². The zero-order valence-electron chi connectivity index (χ0n) is 21.9. The third-order valence-electron chi connectivity index (χ3n) is 6.13. The maximum atomic E-state index is 14.1. The zero-order chi connectivity index (χ0) is 26.5. The fraction of sp³-hybridized carbons (Fsp3) is 0.357. The number of nitrogens with one attached hydrogen (secondary N) is 1. The number of hydrogen-bond donors (Lipinski definition) is 1. The lowest BCUT2D eigenvalue weighted by molar-refractivity contribution is -0.127. The summed E-state index contributed by atoms with van der Waals surface area (Å²) in [6.45, 7) is 8.26. The summed E-state index contributed by atoms with van der Waals surface area (Å²) in [6, 6.07) is 15.4. The molecule has 4 aromatic rings. The van der Waals surface area contributed by atoms with Gasteiger partial charge in [0.15, 0.2) is 6.04 Å². The van der Waals surface area contributed by atoms with Gasteiger partial charge in [-0.15, -0.1) is 5.10 Å². The van der Waals surface area contributed by atoms with E-state index < -0.39 is 6.04 Å². The van der Waals surface area contributed by atoms with E-state index >= 15 is 0 Å². The topological polar surface area (TPSA) is 102 Å². The van der Waals surface area contributed by atoms with E-state index in [-0.39, 0.29) is 18.4 Å². The van der Waals surface area contributed by atoms with E-state index in [0.29, 0.717) is 40.9 Å². The Balaban J connectivity index is 1.81. The van der Waals surface area contributed by atoms with Crippen LogP contribution in [-0.2, 0) is 16.1 Å². The van der Waals surface area contributed by atoms with Gasteiger partial charge >= 0.3 is 0 Å². The van der Waals surface area contributed by atoms with E-state index in [9.17, 15) is 9.59 Å². The molecule has 0 aliphatic rings. The van der Waals surface area contributed by atoms with Crippen molar-refractivity contribution in [2.75, 3.05) is 18.6 Å². The van der Waals surface area contributed by atoms with E-state index in [4.69, 9.17) is 9.15 Å². The van der Waals surface area contributed by atoms with Crippen LogP contribution in [-0.4, -0.2) is 40.5 Å². The smallest absolute Gasteiger partial charge is 0.251 e. The van der Waals surface area contributed by atoms with Crippen LogP contribution >= 0.6 is 0 Å². The average molecular weight is 504 g/mol. The van der Waals surface area contributed by atoms with Gasteiger partial charge in [-0.3, -0.25) is 14.5 Å². The highest BCUT2D eigenvalue weighted by atomic mass is 16.5. The molecule has 0 fully saturated rings. The number of carbonyl (C=O) groups excluding carboxylic acids is 2. The largest absolute Gasteiger partial charge is 0.495 e. The molecule has 0 aliphatic heterocycles. The summed E-state index contributed by atoms with van der Waals surface area (Å²) in [5.41, 5.74) is 2.78. The van der Waals surface area contributed by atoms with Crippen LogP contribution in [0.1, 0.15) is 43.4 Å². The number of anilines is 1. The molecule has 0 bridgehead atoms. The lowest BCUT2D eigenvalue weighted by Gasteiger charge is -2.31. The molecule has 1 atom stereocenters. The molecule has 2 heterocycles. The van der Waals surface area contributed by atoms with Crippen LogP contribution < -0.4 is 15.0 Å². The monoisotopic (exact) mass is 503 g/mol. The minimum Gasteiger partial charge on any atom is -0.495 e. The highest BCUT2D eigenvalue weighted by molar-refractivity contribution is 6.02. The number of fused-ring (bicyclic) bond motifs is 1. The number of nitrogens with zero attached hydrogens (tertiary/aromatic N) is 4. The molecule has 2 aromatic heterocycles. The lowest BCUT2D eigenvalue weighted by Crippen LogP contribution is -2.45. The minimum atomic E-state index is -1.06. The molecule has 9 heteroatoms. The van der Waals surface area contributed by atoms with Gasteiger partial charge in [0, 0.05) is 6.54 Å². The zero-order valence-corrected chi connectivity index (χ0v) is 21.9. The Kier molecular flexibility index (Phi) is 7.91. The highest BCUT2D eigenvalue weighted by Gasteiger charge is 2.37. The molecule has 1 unspecified atom stereocenters. The quantitative estimate of drug-likeness (QED) is 0.340. The van der Waals surface area contributed by atoms with E-state index in [2.05, 4.69) is 29.5 Å². The first-order valence-corrected chi connectivity index (χ1v) is 12.4. The van der Waals surface area contributed by atoms with E-state index in [1.807, 2.05) is 43.3 Å². The summed E-state index contributed by atoms with van der Waals surface area (Å²) in [7, 11) is 1.54. The van der Waals surface area contributed by atoms with Crippen LogP contribution in [0.5, 0.6) is 5.75 Å². The van der Waals surface area contributed by atoms with Crippen LogP contribution in [0.3, 0.4) is 0 Å². The van der Waals surface area contributed by atoms with Crippen LogP contribution in [0.4, 0.5) is 5.69 Å². The van der Waals surface area contributed by atoms with Gasteiger partial charge in [0.1, 0.15) is 29.3 Å². The van der Waals surface area contributed by atoms with E-state index in [1.165, 1.54) is 16.7 Å². The number of methoxy groups -OCH3 is 1. The molecular weight excluding hydrogens is 470 g/mol. The lowest BCUT2D eigenvalue weighted by atomic mass is 10.1. The second kappa shape index (κ2) is 11.3. The molecule has 0 aliphatic carbocycles. The van der Waals surface area contributed by atoms with Gasteiger partial charge in [-0.05, 0) is 68.1 Å². The number of rotatable bonds is 10. The van der Waals surface area contributed by atoms with Crippen LogP contribution in [0.2, 0.25) is 0 Å². The molecule has 0 radical (unpaired) electrons. The van der Waals surface area contributed by atoms with Crippen molar-refractivity contribution in [3.8, 4) is 5.75 Å². The van der Waals surface area contributed by atoms with Crippen molar-refractivity contribution in [3.63, 3.8) is 0 Å². The summed E-state index contributed by atoms with van der Waals surface area (Å²) in [4.78, 5) is 29.3. The molecule has 0 saturated heterocycles. The maximum absolute atomic E-state index is 14.1. The third kappa shape index (κ3) is 5.82. The number of furan rings is 1. The van der Waals surface area contributed by atoms with E-state index in [0.717, 1.165) is 17.5 Å². The number of amides is 2. The van der Waals surface area contributed by atoms with Gasteiger partial charge in [0.25, 0.3) is 5.91 Å². The Morgan fingerprint density at radius 1 is 1.11 bits per heavy atom. The first kappa shape index (κ1) is 25.9. The van der Waals surface area contributed by atoms with Gasteiger partial charge < -0.3 is 14.5 Å². The summed E-state index contributed by atoms with van der Waals surface area (Å²) < 4.78 is 13.1. The Morgan fingerprint density at radius 2 is 1.89 bits per heavy atom.